The highest BCUT2D eigenvalue weighted by Crippen LogP contribution is 2.40. The molecule has 32 heavy (non-hydrogen) atoms. The summed E-state index contributed by atoms with van der Waals surface area (Å²) >= 11 is 0. The summed E-state index contributed by atoms with van der Waals surface area (Å²) in [4.78, 5) is 12.8. The highest BCUT2D eigenvalue weighted by molar-refractivity contribution is 6.12. The van der Waals surface area contributed by atoms with Crippen LogP contribution in [0.2, 0.25) is 0 Å². The predicted octanol–water partition coefficient (Wildman–Crippen LogP) is 5.17. The second kappa shape index (κ2) is 8.37. The number of furan rings is 1. The molecule has 2 aromatic carbocycles. The highest BCUT2D eigenvalue weighted by atomic mass is 19.1. The fourth-order valence-corrected chi connectivity index (χ4v) is 3.59. The molecule has 0 unspecified atom stereocenters. The van der Waals surface area contributed by atoms with Crippen molar-refractivity contribution in [2.24, 2.45) is 7.05 Å². The zero-order chi connectivity index (χ0) is 23.0. The molecule has 166 valence electrons. The third-order valence-electron chi connectivity index (χ3n) is 4.98. The van der Waals surface area contributed by atoms with Crippen LogP contribution < -0.4 is 15.4 Å². The Balaban J connectivity index is 1.92. The summed E-state index contributed by atoms with van der Waals surface area (Å²) in [6, 6.07) is 11.4. The second-order valence-electron chi connectivity index (χ2n) is 7.82. The second-order valence-corrected chi connectivity index (χ2v) is 7.82. The molecule has 0 saturated heterocycles. The summed E-state index contributed by atoms with van der Waals surface area (Å²) < 4.78 is 27.4. The number of aromatic nitrogens is 2. The minimum Gasteiger partial charge on any atom is -0.489 e. The highest BCUT2D eigenvalue weighted by Gasteiger charge is 2.24. The molecular weight excluding hydrogens is 411 g/mol. The van der Waals surface area contributed by atoms with Gasteiger partial charge in [0.2, 0.25) is 0 Å². The Morgan fingerprint density at radius 2 is 1.91 bits per heavy atom. The van der Waals surface area contributed by atoms with Crippen molar-refractivity contribution in [3.63, 3.8) is 0 Å². The molecule has 2 heterocycles. The van der Waals surface area contributed by atoms with E-state index in [1.165, 1.54) is 12.1 Å². The Kier molecular flexibility index (Phi) is 5.61. The number of nitrogens with zero attached hydrogens (tertiary/aromatic N) is 2. The lowest BCUT2D eigenvalue weighted by Crippen LogP contribution is -2.18. The molecule has 4 rings (SSSR count). The third-order valence-corrected chi connectivity index (χ3v) is 4.98. The van der Waals surface area contributed by atoms with E-state index in [-0.39, 0.29) is 17.8 Å². The zero-order valence-electron chi connectivity index (χ0n) is 18.6. The first-order chi connectivity index (χ1) is 15.3. The van der Waals surface area contributed by atoms with Gasteiger partial charge in [0.15, 0.2) is 0 Å². The zero-order valence-corrected chi connectivity index (χ0v) is 18.6. The van der Waals surface area contributed by atoms with Gasteiger partial charge in [0.05, 0.1) is 23.0 Å². The van der Waals surface area contributed by atoms with Crippen LogP contribution in [0, 0.1) is 12.7 Å². The average molecular weight is 436 g/mol. The van der Waals surface area contributed by atoms with Crippen LogP contribution in [0.1, 0.15) is 29.9 Å². The van der Waals surface area contributed by atoms with Crippen molar-refractivity contribution in [3.8, 4) is 17.1 Å². The summed E-state index contributed by atoms with van der Waals surface area (Å²) in [5.74, 6) is 1.05. The van der Waals surface area contributed by atoms with Crippen LogP contribution in [0.3, 0.4) is 0 Å². The van der Waals surface area contributed by atoms with E-state index < -0.39 is 0 Å². The van der Waals surface area contributed by atoms with Gasteiger partial charge in [-0.2, -0.15) is 5.10 Å². The predicted molar refractivity (Wildman–Crippen MR) is 122 cm³/mol. The molecule has 8 heteroatoms. The van der Waals surface area contributed by atoms with Gasteiger partial charge in [0.25, 0.3) is 5.91 Å². The largest absolute Gasteiger partial charge is 0.489 e. The van der Waals surface area contributed by atoms with Gasteiger partial charge in [-0.15, -0.1) is 0 Å². The summed E-state index contributed by atoms with van der Waals surface area (Å²) in [6.45, 7) is 5.78. The molecule has 0 fully saturated rings. The van der Waals surface area contributed by atoms with Crippen molar-refractivity contribution < 1.29 is 18.3 Å². The number of amides is 1. The van der Waals surface area contributed by atoms with Crippen LogP contribution in [-0.2, 0) is 7.05 Å². The molecule has 2 aromatic heterocycles. The molecule has 1 amide bonds. The number of aryl methyl sites for hydroxylation is 2. The molecule has 0 saturated carbocycles. The molecule has 0 aliphatic rings. The Bertz CT molecular complexity index is 1290. The first-order valence-electron chi connectivity index (χ1n) is 10.3. The number of rotatable bonds is 6. The number of benzene rings is 2. The smallest absolute Gasteiger partial charge is 0.255 e. The van der Waals surface area contributed by atoms with E-state index in [2.05, 4.69) is 15.7 Å². The van der Waals surface area contributed by atoms with Crippen molar-refractivity contribution in [1.82, 2.24) is 15.1 Å². The molecule has 2 N–H and O–H groups in total. The standard InChI is InChI=1S/C24H25FN4O3/c1-13(2)31-20-11-17-19(12-18(20)27-21-10-14(3)28-29(21)5)32-23(22(17)24(30)26-4)15-6-8-16(25)9-7-15/h6-13,27H,1-5H3,(H,26,30). The topological polar surface area (TPSA) is 81.3 Å². The summed E-state index contributed by atoms with van der Waals surface area (Å²) in [7, 11) is 3.40. The van der Waals surface area contributed by atoms with Gasteiger partial charge in [-0.1, -0.05) is 0 Å². The van der Waals surface area contributed by atoms with E-state index >= 15 is 0 Å². The van der Waals surface area contributed by atoms with Crippen LogP contribution in [-0.4, -0.2) is 28.8 Å². The van der Waals surface area contributed by atoms with Crippen LogP contribution in [0.25, 0.3) is 22.3 Å². The van der Waals surface area contributed by atoms with Crippen molar-refractivity contribution in [1.29, 1.82) is 0 Å². The molecule has 0 aliphatic heterocycles. The minimum absolute atomic E-state index is 0.0896. The Morgan fingerprint density at radius 1 is 1.19 bits per heavy atom. The number of carbonyl (C=O) groups excluding carboxylic acids is 1. The fourth-order valence-electron chi connectivity index (χ4n) is 3.59. The van der Waals surface area contributed by atoms with Gasteiger partial charge in [-0.25, -0.2) is 4.39 Å². The van der Waals surface area contributed by atoms with E-state index in [0.29, 0.717) is 39.3 Å². The number of anilines is 2. The molecule has 0 radical (unpaired) electrons. The van der Waals surface area contributed by atoms with E-state index in [0.717, 1.165) is 11.5 Å². The lowest BCUT2D eigenvalue weighted by molar-refractivity contribution is 0.0964. The Labute approximate surface area is 185 Å². The number of carbonyl (C=O) groups is 1. The number of hydrogen-bond acceptors (Lipinski definition) is 5. The fraction of sp³-hybridized carbons (Fsp3) is 0.250. The van der Waals surface area contributed by atoms with Gasteiger partial charge < -0.3 is 19.8 Å². The molecule has 0 spiro atoms. The van der Waals surface area contributed by atoms with Crippen molar-refractivity contribution in [3.05, 3.63) is 59.5 Å². The first-order valence-corrected chi connectivity index (χ1v) is 10.3. The summed E-state index contributed by atoms with van der Waals surface area (Å²) in [6.07, 6.45) is -0.0896. The normalized spacial score (nSPS) is 11.2. The van der Waals surface area contributed by atoms with Crippen LogP contribution in [0.15, 0.2) is 46.9 Å². The molecule has 0 aliphatic carbocycles. The van der Waals surface area contributed by atoms with Crippen molar-refractivity contribution in [2.45, 2.75) is 26.9 Å². The Morgan fingerprint density at radius 3 is 2.50 bits per heavy atom. The lowest BCUT2D eigenvalue weighted by atomic mass is 10.0. The maximum absolute atomic E-state index is 13.5. The lowest BCUT2D eigenvalue weighted by Gasteiger charge is -2.16. The van der Waals surface area contributed by atoms with Crippen molar-refractivity contribution in [2.75, 3.05) is 12.4 Å². The molecule has 0 atom stereocenters. The van der Waals surface area contributed by atoms with Crippen LogP contribution in [0.4, 0.5) is 15.9 Å². The molecular formula is C24H25FN4O3. The number of ether oxygens (including phenoxy) is 1. The monoisotopic (exact) mass is 436 g/mol. The van der Waals surface area contributed by atoms with Crippen molar-refractivity contribution >= 4 is 28.4 Å². The number of fused-ring (bicyclic) bond motifs is 1. The number of nitrogens with one attached hydrogen (secondary N) is 2. The Hall–Kier alpha value is -3.81. The maximum Gasteiger partial charge on any atom is 0.255 e. The van der Waals surface area contributed by atoms with E-state index in [9.17, 15) is 9.18 Å². The van der Waals surface area contributed by atoms with Crippen LogP contribution in [0.5, 0.6) is 5.75 Å². The van der Waals surface area contributed by atoms with Gasteiger partial charge in [-0.05, 0) is 51.1 Å². The molecule has 0 bridgehead atoms. The number of halogens is 1. The van der Waals surface area contributed by atoms with Gasteiger partial charge in [-0.3, -0.25) is 9.48 Å². The van der Waals surface area contributed by atoms with E-state index in [4.69, 9.17) is 9.15 Å². The number of hydrogen-bond donors (Lipinski definition) is 2. The first kappa shape index (κ1) is 21.4. The van der Waals surface area contributed by atoms with Gasteiger partial charge in [0, 0.05) is 37.2 Å². The molecule has 4 aromatic rings. The van der Waals surface area contributed by atoms with Gasteiger partial charge >= 0.3 is 0 Å². The average Bonchev–Trinajstić information content (AvgIpc) is 3.26. The van der Waals surface area contributed by atoms with Gasteiger partial charge in [0.1, 0.15) is 28.7 Å². The quantitative estimate of drug-likeness (QED) is 0.436. The van der Waals surface area contributed by atoms with E-state index in [1.54, 1.807) is 36.0 Å². The maximum atomic E-state index is 13.5. The molecule has 7 nitrogen and oxygen atoms in total. The third kappa shape index (κ3) is 4.03. The summed E-state index contributed by atoms with van der Waals surface area (Å²) in [5.41, 5.74) is 3.02. The van der Waals surface area contributed by atoms with E-state index in [1.807, 2.05) is 33.9 Å². The summed E-state index contributed by atoms with van der Waals surface area (Å²) in [5, 5.41) is 11.0. The minimum atomic E-state index is -0.364. The van der Waals surface area contributed by atoms with Crippen LogP contribution >= 0.6 is 0 Å². The SMILES string of the molecule is CNC(=O)c1c(-c2ccc(F)cc2)oc2cc(Nc3cc(C)nn3C)c(OC(C)C)cc12.